The first-order valence-electron chi connectivity index (χ1n) is 6.29. The Balaban J connectivity index is 2.29. The molecule has 0 aliphatic carbocycles. The van der Waals surface area contributed by atoms with Gasteiger partial charge in [-0.2, -0.15) is 4.31 Å². The molecular weight excluding hydrogens is 266 g/mol. The third-order valence-electron chi connectivity index (χ3n) is 3.30. The van der Waals surface area contributed by atoms with Gasteiger partial charge in [-0.15, -0.1) is 0 Å². The second-order valence-electron chi connectivity index (χ2n) is 4.85. The van der Waals surface area contributed by atoms with Crippen molar-refractivity contribution in [2.45, 2.75) is 36.9 Å². The molecule has 0 bridgehead atoms. The largest absolute Gasteiger partial charge is 0.390 e. The van der Waals surface area contributed by atoms with E-state index in [1.54, 1.807) is 19.1 Å². The second-order valence-corrected chi connectivity index (χ2v) is 6.74. The highest BCUT2D eigenvalue weighted by Gasteiger charge is 2.31. The van der Waals surface area contributed by atoms with Gasteiger partial charge >= 0.3 is 0 Å². The Kier molecular flexibility index (Phi) is 4.19. The van der Waals surface area contributed by atoms with Crippen molar-refractivity contribution in [2.24, 2.45) is 5.73 Å². The summed E-state index contributed by atoms with van der Waals surface area (Å²) >= 11 is 0. The number of hydrogen-bond donors (Lipinski definition) is 2. The van der Waals surface area contributed by atoms with E-state index in [9.17, 15) is 13.5 Å². The molecule has 2 rings (SSSR count). The number of sulfonamides is 1. The standard InChI is InChI=1S/C12H19N3O3S/c1-9-4-2-6-12(14-9)19(17,18)15-7-3-5-10(13)11(16)8-15/h2,4,6,10-11,16H,3,5,7-8,13H2,1H3. The smallest absolute Gasteiger partial charge is 0.260 e. The molecule has 1 saturated heterocycles. The number of β-amino-alcohol motifs (C(OH)–C–C–N with tert-alkyl or cyclic N) is 1. The summed E-state index contributed by atoms with van der Waals surface area (Å²) in [5.41, 5.74) is 6.41. The van der Waals surface area contributed by atoms with Gasteiger partial charge in [0.2, 0.25) is 0 Å². The third-order valence-corrected chi connectivity index (χ3v) is 5.06. The molecule has 7 heteroatoms. The lowest BCUT2D eigenvalue weighted by Crippen LogP contribution is -2.42. The molecule has 2 atom stereocenters. The number of aliphatic hydroxyl groups is 1. The van der Waals surface area contributed by atoms with Gasteiger partial charge in [0.1, 0.15) is 0 Å². The van der Waals surface area contributed by atoms with Crippen molar-refractivity contribution in [1.29, 1.82) is 0 Å². The Morgan fingerprint density at radius 2 is 2.21 bits per heavy atom. The number of aryl methyl sites for hydroxylation is 1. The monoisotopic (exact) mass is 285 g/mol. The Morgan fingerprint density at radius 3 is 2.89 bits per heavy atom. The minimum absolute atomic E-state index is 0.0233. The Bertz CT molecular complexity index is 547. The molecule has 0 aromatic carbocycles. The van der Waals surface area contributed by atoms with Crippen LogP contribution in [0.4, 0.5) is 0 Å². The van der Waals surface area contributed by atoms with Crippen molar-refractivity contribution >= 4 is 10.0 Å². The molecule has 0 saturated carbocycles. The van der Waals surface area contributed by atoms with Crippen molar-refractivity contribution in [2.75, 3.05) is 13.1 Å². The van der Waals surface area contributed by atoms with Crippen LogP contribution in [0.3, 0.4) is 0 Å². The summed E-state index contributed by atoms with van der Waals surface area (Å²) in [7, 11) is -3.66. The number of rotatable bonds is 2. The Labute approximate surface area is 113 Å². The van der Waals surface area contributed by atoms with Crippen LogP contribution in [0.15, 0.2) is 23.2 Å². The van der Waals surface area contributed by atoms with Gasteiger partial charge in [-0.05, 0) is 31.9 Å². The van der Waals surface area contributed by atoms with Crippen LogP contribution in [0.5, 0.6) is 0 Å². The van der Waals surface area contributed by atoms with E-state index in [-0.39, 0.29) is 17.6 Å². The molecule has 1 aromatic heterocycles. The zero-order valence-corrected chi connectivity index (χ0v) is 11.7. The number of pyridine rings is 1. The van der Waals surface area contributed by atoms with Crippen molar-refractivity contribution in [3.8, 4) is 0 Å². The van der Waals surface area contributed by atoms with E-state index in [1.807, 2.05) is 0 Å². The fraction of sp³-hybridized carbons (Fsp3) is 0.583. The highest BCUT2D eigenvalue weighted by atomic mass is 32.2. The molecule has 1 aromatic rings. The van der Waals surface area contributed by atoms with Gasteiger partial charge in [-0.1, -0.05) is 6.07 Å². The molecule has 2 heterocycles. The van der Waals surface area contributed by atoms with Crippen LogP contribution in [0.25, 0.3) is 0 Å². The molecule has 0 radical (unpaired) electrons. The van der Waals surface area contributed by atoms with Crippen molar-refractivity contribution in [1.82, 2.24) is 9.29 Å². The van der Waals surface area contributed by atoms with Crippen LogP contribution in [-0.4, -0.2) is 48.0 Å². The van der Waals surface area contributed by atoms with Gasteiger partial charge in [0, 0.05) is 24.8 Å². The van der Waals surface area contributed by atoms with Gasteiger partial charge < -0.3 is 10.8 Å². The van der Waals surface area contributed by atoms with Crippen molar-refractivity contribution < 1.29 is 13.5 Å². The first-order valence-corrected chi connectivity index (χ1v) is 7.73. The van der Waals surface area contributed by atoms with E-state index in [4.69, 9.17) is 5.73 Å². The molecule has 1 aliphatic heterocycles. The van der Waals surface area contributed by atoms with Crippen LogP contribution >= 0.6 is 0 Å². The molecule has 6 nitrogen and oxygen atoms in total. The lowest BCUT2D eigenvalue weighted by molar-refractivity contribution is 0.130. The average molecular weight is 285 g/mol. The van der Waals surface area contributed by atoms with Crippen LogP contribution in [-0.2, 0) is 10.0 Å². The maximum Gasteiger partial charge on any atom is 0.260 e. The van der Waals surface area contributed by atoms with E-state index >= 15 is 0 Å². The maximum atomic E-state index is 12.5. The predicted molar refractivity (Wildman–Crippen MR) is 70.9 cm³/mol. The number of aliphatic hydroxyl groups excluding tert-OH is 1. The SMILES string of the molecule is Cc1cccc(S(=O)(=O)N2CCCC(N)C(O)C2)n1. The first-order chi connectivity index (χ1) is 8.91. The Morgan fingerprint density at radius 1 is 1.47 bits per heavy atom. The van der Waals surface area contributed by atoms with Gasteiger partial charge in [0.05, 0.1) is 6.10 Å². The van der Waals surface area contributed by atoms with E-state index in [0.29, 0.717) is 25.1 Å². The van der Waals surface area contributed by atoms with Crippen LogP contribution in [0, 0.1) is 6.92 Å². The summed E-state index contributed by atoms with van der Waals surface area (Å²) in [6.45, 7) is 2.13. The zero-order chi connectivity index (χ0) is 14.0. The second kappa shape index (κ2) is 5.54. The van der Waals surface area contributed by atoms with Gasteiger partial charge in [-0.3, -0.25) is 0 Å². The first kappa shape index (κ1) is 14.4. The predicted octanol–water partition coefficient (Wildman–Crippen LogP) is -0.137. The van der Waals surface area contributed by atoms with Crippen molar-refractivity contribution in [3.05, 3.63) is 23.9 Å². The molecule has 1 fully saturated rings. The van der Waals surface area contributed by atoms with E-state index in [2.05, 4.69) is 4.98 Å². The lowest BCUT2D eigenvalue weighted by Gasteiger charge is -2.22. The molecule has 0 spiro atoms. The van der Waals surface area contributed by atoms with E-state index in [1.165, 1.54) is 10.4 Å². The topological polar surface area (TPSA) is 96.5 Å². The molecule has 1 aliphatic rings. The molecule has 2 unspecified atom stereocenters. The van der Waals surface area contributed by atoms with E-state index < -0.39 is 16.1 Å². The minimum Gasteiger partial charge on any atom is -0.390 e. The van der Waals surface area contributed by atoms with Crippen LogP contribution < -0.4 is 5.73 Å². The number of aromatic nitrogens is 1. The normalized spacial score (nSPS) is 26.1. The summed E-state index contributed by atoms with van der Waals surface area (Å²) in [5, 5.41) is 9.86. The summed E-state index contributed by atoms with van der Waals surface area (Å²) in [5.74, 6) is 0. The Hall–Kier alpha value is -1.02. The molecule has 3 N–H and O–H groups in total. The molecular formula is C12H19N3O3S. The summed E-state index contributed by atoms with van der Waals surface area (Å²) < 4.78 is 26.2. The summed E-state index contributed by atoms with van der Waals surface area (Å²) in [6, 6.07) is 4.51. The molecule has 106 valence electrons. The number of hydrogen-bond acceptors (Lipinski definition) is 5. The fourth-order valence-corrected chi connectivity index (χ4v) is 3.64. The summed E-state index contributed by atoms with van der Waals surface area (Å²) in [4.78, 5) is 4.05. The fourth-order valence-electron chi connectivity index (χ4n) is 2.14. The quantitative estimate of drug-likeness (QED) is 0.788. The zero-order valence-electron chi connectivity index (χ0n) is 10.9. The molecule has 19 heavy (non-hydrogen) atoms. The van der Waals surface area contributed by atoms with E-state index in [0.717, 1.165) is 0 Å². The van der Waals surface area contributed by atoms with Gasteiger partial charge in [-0.25, -0.2) is 13.4 Å². The highest BCUT2D eigenvalue weighted by molar-refractivity contribution is 7.89. The lowest BCUT2D eigenvalue weighted by atomic mass is 10.1. The van der Waals surface area contributed by atoms with Gasteiger partial charge in [0.25, 0.3) is 10.0 Å². The average Bonchev–Trinajstić information content (AvgIpc) is 2.52. The van der Waals surface area contributed by atoms with Crippen LogP contribution in [0.2, 0.25) is 0 Å². The van der Waals surface area contributed by atoms with Gasteiger partial charge in [0.15, 0.2) is 5.03 Å². The molecule has 0 amide bonds. The highest BCUT2D eigenvalue weighted by Crippen LogP contribution is 2.19. The number of nitrogens with zero attached hydrogens (tertiary/aromatic N) is 2. The third kappa shape index (κ3) is 3.11. The number of nitrogens with two attached hydrogens (primary N) is 1. The summed E-state index contributed by atoms with van der Waals surface area (Å²) in [6.07, 6.45) is 0.430. The minimum atomic E-state index is -3.66. The van der Waals surface area contributed by atoms with Crippen LogP contribution in [0.1, 0.15) is 18.5 Å². The maximum absolute atomic E-state index is 12.5. The van der Waals surface area contributed by atoms with Crippen molar-refractivity contribution in [3.63, 3.8) is 0 Å².